The summed E-state index contributed by atoms with van der Waals surface area (Å²) < 4.78 is 31.0. The molecule has 0 atom stereocenters. The highest BCUT2D eigenvalue weighted by Crippen LogP contribution is 2.37. The summed E-state index contributed by atoms with van der Waals surface area (Å²) in [6.45, 7) is 0. The van der Waals surface area contributed by atoms with Gasteiger partial charge in [-0.3, -0.25) is 9.78 Å². The molecule has 0 bridgehead atoms. The number of benzene rings is 2. The first-order valence-electron chi connectivity index (χ1n) is 8.59. The average molecular weight is 401 g/mol. The first kappa shape index (κ1) is 19.9. The van der Waals surface area contributed by atoms with E-state index >= 15 is 0 Å². The van der Waals surface area contributed by atoms with Gasteiger partial charge in [-0.1, -0.05) is 17.8 Å². The van der Waals surface area contributed by atoms with Crippen LogP contribution in [0.3, 0.4) is 0 Å². The topological polar surface area (TPSA) is 57.7 Å². The Balaban J connectivity index is 1.89. The monoisotopic (exact) mass is 401 g/mol. The van der Waals surface area contributed by atoms with Gasteiger partial charge in [-0.15, -0.1) is 0 Å². The van der Waals surface area contributed by atoms with Crippen LogP contribution in [0.4, 0.5) is 4.39 Å². The van der Waals surface area contributed by atoms with Crippen molar-refractivity contribution in [3.8, 4) is 23.0 Å². The molecule has 0 aliphatic heterocycles. The van der Waals surface area contributed by atoms with Crippen molar-refractivity contribution >= 4 is 27.8 Å². The normalized spacial score (nSPS) is 10.7. The second kappa shape index (κ2) is 8.93. The first-order valence-corrected chi connectivity index (χ1v) is 9.82. The summed E-state index contributed by atoms with van der Waals surface area (Å²) in [7, 11) is 3.09. The largest absolute Gasteiger partial charge is 0.493 e. The number of nitrogens with zero attached hydrogens (tertiary/aromatic N) is 1. The van der Waals surface area contributed by atoms with Crippen molar-refractivity contribution in [3.63, 3.8) is 0 Å². The average Bonchev–Trinajstić information content (AvgIpc) is 2.72. The van der Waals surface area contributed by atoms with Crippen LogP contribution >= 0.6 is 11.8 Å². The van der Waals surface area contributed by atoms with E-state index < -0.39 is 5.82 Å². The molecule has 146 valence electrons. The van der Waals surface area contributed by atoms with Crippen LogP contribution < -0.4 is 14.2 Å². The molecule has 3 aromatic rings. The Kier molecular flexibility index (Phi) is 6.36. The molecule has 1 aromatic heterocycles. The van der Waals surface area contributed by atoms with Crippen LogP contribution in [-0.2, 0) is 11.2 Å². The minimum atomic E-state index is -0.487. The molecule has 0 N–H and O–H groups in total. The predicted molar refractivity (Wildman–Crippen MR) is 108 cm³/mol. The Labute approximate surface area is 166 Å². The molecule has 0 spiro atoms. The molecule has 0 saturated heterocycles. The third-order valence-electron chi connectivity index (χ3n) is 4.27. The van der Waals surface area contributed by atoms with Gasteiger partial charge in [0.25, 0.3) is 0 Å². The number of aryl methyl sites for hydroxylation is 1. The quantitative estimate of drug-likeness (QED) is 0.555. The fraction of sp³-hybridized carbons (Fsp3) is 0.238. The zero-order valence-electron chi connectivity index (χ0n) is 15.8. The number of halogens is 1. The second-order valence-corrected chi connectivity index (χ2v) is 6.84. The number of carbonyl (C=O) groups excluding carboxylic acids is 1. The molecular weight excluding hydrogens is 381 g/mol. The zero-order valence-corrected chi connectivity index (χ0v) is 16.6. The summed E-state index contributed by atoms with van der Waals surface area (Å²) in [6.07, 6.45) is 4.19. The van der Waals surface area contributed by atoms with E-state index in [1.807, 2.05) is 0 Å². The van der Waals surface area contributed by atoms with E-state index in [1.54, 1.807) is 57.0 Å². The number of aromatic nitrogens is 1. The van der Waals surface area contributed by atoms with E-state index in [0.717, 1.165) is 5.56 Å². The summed E-state index contributed by atoms with van der Waals surface area (Å²) in [6, 6.07) is 9.88. The number of thioether (sulfide) groups is 1. The van der Waals surface area contributed by atoms with Gasteiger partial charge < -0.3 is 14.2 Å². The molecule has 28 heavy (non-hydrogen) atoms. The van der Waals surface area contributed by atoms with Gasteiger partial charge >= 0.3 is 0 Å². The number of methoxy groups -OCH3 is 2. The van der Waals surface area contributed by atoms with Gasteiger partial charge in [0.1, 0.15) is 5.75 Å². The number of hydrogen-bond acceptors (Lipinski definition) is 6. The van der Waals surface area contributed by atoms with E-state index in [4.69, 9.17) is 14.2 Å². The fourth-order valence-corrected chi connectivity index (χ4v) is 3.09. The van der Waals surface area contributed by atoms with Gasteiger partial charge in [-0.25, -0.2) is 4.39 Å². The maximum absolute atomic E-state index is 14.5. The van der Waals surface area contributed by atoms with Crippen molar-refractivity contribution in [2.24, 2.45) is 0 Å². The summed E-state index contributed by atoms with van der Waals surface area (Å²) in [5.41, 5.74) is 1.39. The van der Waals surface area contributed by atoms with Gasteiger partial charge in [0.15, 0.2) is 28.2 Å². The Morgan fingerprint density at radius 3 is 2.46 bits per heavy atom. The van der Waals surface area contributed by atoms with E-state index in [2.05, 4.69) is 4.98 Å². The minimum Gasteiger partial charge on any atom is -0.493 e. The molecule has 0 aliphatic carbocycles. The van der Waals surface area contributed by atoms with E-state index in [1.165, 1.54) is 17.8 Å². The zero-order chi connectivity index (χ0) is 20.1. The number of pyridine rings is 1. The predicted octanol–water partition coefficient (Wildman–Crippen LogP) is 5.01. The fourth-order valence-electron chi connectivity index (χ4n) is 2.79. The Morgan fingerprint density at radius 1 is 1.04 bits per heavy atom. The SMILES string of the molecule is COc1cc2nccc(Oc3ccc(CCC(=O)SC)cc3F)c2cc1OC. The smallest absolute Gasteiger partial charge is 0.189 e. The lowest BCUT2D eigenvalue weighted by molar-refractivity contribution is -0.110. The molecular formula is C21H20FNO4S. The lowest BCUT2D eigenvalue weighted by Gasteiger charge is -2.13. The molecule has 7 heteroatoms. The van der Waals surface area contributed by atoms with Crippen LogP contribution in [0.2, 0.25) is 0 Å². The van der Waals surface area contributed by atoms with Crippen molar-refractivity contribution in [2.45, 2.75) is 12.8 Å². The van der Waals surface area contributed by atoms with Crippen LogP contribution in [0, 0.1) is 5.82 Å². The number of ether oxygens (including phenoxy) is 3. The highest BCUT2D eigenvalue weighted by molar-refractivity contribution is 8.13. The summed E-state index contributed by atoms with van der Waals surface area (Å²) in [5, 5.41) is 0.752. The summed E-state index contributed by atoms with van der Waals surface area (Å²) >= 11 is 1.18. The van der Waals surface area contributed by atoms with E-state index in [-0.39, 0.29) is 10.9 Å². The third-order valence-corrected chi connectivity index (χ3v) is 4.93. The van der Waals surface area contributed by atoms with Gasteiger partial charge in [0.05, 0.1) is 19.7 Å². The molecule has 2 aromatic carbocycles. The minimum absolute atomic E-state index is 0.0772. The number of rotatable bonds is 7. The van der Waals surface area contributed by atoms with Crippen molar-refractivity contribution < 1.29 is 23.4 Å². The lowest BCUT2D eigenvalue weighted by Crippen LogP contribution is -1.97. The third kappa shape index (κ3) is 4.36. The van der Waals surface area contributed by atoms with E-state index in [0.29, 0.717) is 41.0 Å². The van der Waals surface area contributed by atoms with Crippen LogP contribution in [0.1, 0.15) is 12.0 Å². The van der Waals surface area contributed by atoms with Gasteiger partial charge in [-0.2, -0.15) is 0 Å². The summed E-state index contributed by atoms with van der Waals surface area (Å²) in [5.74, 6) is 1.15. The standard InChI is InChI=1S/C21H20FNO4S/c1-25-19-11-14-16(12-20(19)26-2)23-9-8-17(14)27-18-6-4-13(10-15(18)22)5-7-21(24)28-3/h4,6,8-12H,5,7H2,1-3H3. The Hall–Kier alpha value is -2.80. The van der Waals surface area contributed by atoms with Crippen LogP contribution in [0.5, 0.6) is 23.0 Å². The summed E-state index contributed by atoms with van der Waals surface area (Å²) in [4.78, 5) is 15.7. The molecule has 1 heterocycles. The van der Waals surface area contributed by atoms with Crippen molar-refractivity contribution in [1.82, 2.24) is 4.98 Å². The first-order chi connectivity index (χ1) is 13.5. The molecule has 0 unspecified atom stereocenters. The van der Waals surface area contributed by atoms with Gasteiger partial charge in [0, 0.05) is 24.1 Å². The van der Waals surface area contributed by atoms with Crippen LogP contribution in [0.15, 0.2) is 42.6 Å². The molecule has 0 amide bonds. The highest BCUT2D eigenvalue weighted by atomic mass is 32.2. The van der Waals surface area contributed by atoms with Gasteiger partial charge in [0.2, 0.25) is 0 Å². The molecule has 3 rings (SSSR count). The van der Waals surface area contributed by atoms with Crippen molar-refractivity contribution in [2.75, 3.05) is 20.5 Å². The van der Waals surface area contributed by atoms with Gasteiger partial charge in [-0.05, 0) is 42.5 Å². The van der Waals surface area contributed by atoms with E-state index in [9.17, 15) is 9.18 Å². The number of carbonyl (C=O) groups is 1. The maximum atomic E-state index is 14.5. The van der Waals surface area contributed by atoms with Crippen molar-refractivity contribution in [1.29, 1.82) is 0 Å². The Bertz CT molecular complexity index is 1010. The Morgan fingerprint density at radius 2 is 1.79 bits per heavy atom. The van der Waals surface area contributed by atoms with Crippen molar-refractivity contribution in [3.05, 3.63) is 54.0 Å². The lowest BCUT2D eigenvalue weighted by atomic mass is 10.1. The number of hydrogen-bond donors (Lipinski definition) is 0. The molecule has 0 fully saturated rings. The molecule has 0 radical (unpaired) electrons. The number of fused-ring (bicyclic) bond motifs is 1. The van der Waals surface area contributed by atoms with Crippen LogP contribution in [-0.4, -0.2) is 30.6 Å². The molecule has 5 nitrogen and oxygen atoms in total. The maximum Gasteiger partial charge on any atom is 0.189 e. The van der Waals surface area contributed by atoms with Crippen LogP contribution in [0.25, 0.3) is 10.9 Å². The molecule has 0 saturated carbocycles. The molecule has 0 aliphatic rings. The highest BCUT2D eigenvalue weighted by Gasteiger charge is 2.13. The second-order valence-electron chi connectivity index (χ2n) is 5.98.